The summed E-state index contributed by atoms with van der Waals surface area (Å²) in [4.78, 5) is 17.3. The zero-order chi connectivity index (χ0) is 17.8. The van der Waals surface area contributed by atoms with Crippen molar-refractivity contribution in [3.63, 3.8) is 0 Å². The van der Waals surface area contributed by atoms with E-state index in [0.29, 0.717) is 5.56 Å². The van der Waals surface area contributed by atoms with Crippen LogP contribution >= 0.6 is 11.3 Å². The number of carbonyl (C=O) groups excluding carboxylic acids is 1. The van der Waals surface area contributed by atoms with Crippen LogP contribution in [0.5, 0.6) is 5.75 Å². The predicted octanol–water partition coefficient (Wildman–Crippen LogP) is 4.66. The Morgan fingerprint density at radius 2 is 1.72 bits per heavy atom. The summed E-state index contributed by atoms with van der Waals surface area (Å²) >= 11 is 1.58. The average Bonchev–Trinajstić information content (AvgIpc) is 3.02. The number of anilines is 2. The van der Waals surface area contributed by atoms with Gasteiger partial charge in [-0.05, 0) is 55.5 Å². The van der Waals surface area contributed by atoms with E-state index in [9.17, 15) is 4.79 Å². The zero-order valence-corrected chi connectivity index (χ0v) is 15.0. The lowest BCUT2D eigenvalue weighted by molar-refractivity contribution is 0.0601. The van der Waals surface area contributed by atoms with Crippen LogP contribution in [0.1, 0.15) is 15.2 Å². The van der Waals surface area contributed by atoms with Crippen LogP contribution in [0.3, 0.4) is 0 Å². The van der Waals surface area contributed by atoms with E-state index in [4.69, 9.17) is 9.47 Å². The van der Waals surface area contributed by atoms with Crippen LogP contribution in [-0.2, 0) is 4.74 Å². The first-order chi connectivity index (χ1) is 12.1. The number of hydrogen-bond acceptors (Lipinski definition) is 6. The molecule has 0 amide bonds. The van der Waals surface area contributed by atoms with E-state index in [1.54, 1.807) is 30.6 Å². The molecule has 0 fully saturated rings. The number of carbonyl (C=O) groups is 1. The molecule has 0 aliphatic carbocycles. The number of aromatic nitrogens is 1. The summed E-state index contributed by atoms with van der Waals surface area (Å²) < 4.78 is 9.89. The number of aryl methyl sites for hydroxylation is 1. The molecule has 1 aromatic heterocycles. The molecule has 0 aliphatic rings. The SMILES string of the molecule is COC(=O)c1ccc(Nc2nc(-c3ccc(OC)cc3)c(C)s2)cc1. The highest BCUT2D eigenvalue weighted by Crippen LogP contribution is 2.32. The fraction of sp³-hybridized carbons (Fsp3) is 0.158. The number of ether oxygens (including phenoxy) is 2. The number of benzene rings is 2. The standard InChI is InChI=1S/C19H18N2O3S/c1-12-17(13-6-10-16(23-2)11-7-13)21-19(25-12)20-15-8-4-14(5-9-15)18(22)24-3/h4-11H,1-3H3,(H,20,21). The van der Waals surface area contributed by atoms with Crippen LogP contribution in [-0.4, -0.2) is 25.2 Å². The van der Waals surface area contributed by atoms with E-state index in [1.807, 2.05) is 43.3 Å². The second kappa shape index (κ2) is 7.36. The number of nitrogens with zero attached hydrogens (tertiary/aromatic N) is 1. The highest BCUT2D eigenvalue weighted by atomic mass is 32.1. The number of methoxy groups -OCH3 is 2. The Kier molecular flexibility index (Phi) is 5.00. The van der Waals surface area contributed by atoms with E-state index in [0.717, 1.165) is 32.7 Å². The minimum Gasteiger partial charge on any atom is -0.497 e. The van der Waals surface area contributed by atoms with Crippen LogP contribution in [0.2, 0.25) is 0 Å². The van der Waals surface area contributed by atoms with Crippen molar-refractivity contribution in [1.29, 1.82) is 0 Å². The lowest BCUT2D eigenvalue weighted by atomic mass is 10.1. The van der Waals surface area contributed by atoms with E-state index >= 15 is 0 Å². The molecule has 2 aromatic carbocycles. The van der Waals surface area contributed by atoms with Crippen molar-refractivity contribution in [3.8, 4) is 17.0 Å². The van der Waals surface area contributed by atoms with Crippen molar-refractivity contribution in [2.75, 3.05) is 19.5 Å². The quantitative estimate of drug-likeness (QED) is 0.675. The summed E-state index contributed by atoms with van der Waals surface area (Å²) in [6, 6.07) is 14.9. The molecule has 3 rings (SSSR count). The van der Waals surface area contributed by atoms with Gasteiger partial charge in [0.25, 0.3) is 0 Å². The van der Waals surface area contributed by atoms with Crippen LogP contribution < -0.4 is 10.1 Å². The lowest BCUT2D eigenvalue weighted by Crippen LogP contribution is -2.00. The summed E-state index contributed by atoms with van der Waals surface area (Å²) in [6.45, 7) is 2.04. The normalized spacial score (nSPS) is 10.4. The zero-order valence-electron chi connectivity index (χ0n) is 14.2. The summed E-state index contributed by atoms with van der Waals surface area (Å²) in [5.74, 6) is 0.471. The summed E-state index contributed by atoms with van der Waals surface area (Å²) in [5, 5.41) is 4.07. The Labute approximate surface area is 150 Å². The predicted molar refractivity (Wildman–Crippen MR) is 99.9 cm³/mol. The van der Waals surface area contributed by atoms with E-state index in [-0.39, 0.29) is 5.97 Å². The van der Waals surface area contributed by atoms with Crippen molar-refractivity contribution in [2.24, 2.45) is 0 Å². The van der Waals surface area contributed by atoms with Gasteiger partial charge >= 0.3 is 5.97 Å². The first kappa shape index (κ1) is 17.0. The van der Waals surface area contributed by atoms with Gasteiger partial charge < -0.3 is 14.8 Å². The number of thiazole rings is 1. The largest absolute Gasteiger partial charge is 0.497 e. The summed E-state index contributed by atoms with van der Waals surface area (Å²) in [6.07, 6.45) is 0. The van der Waals surface area contributed by atoms with Crippen molar-refractivity contribution < 1.29 is 14.3 Å². The Morgan fingerprint density at radius 3 is 2.32 bits per heavy atom. The molecule has 6 heteroatoms. The number of hydrogen-bond donors (Lipinski definition) is 1. The fourth-order valence-electron chi connectivity index (χ4n) is 2.40. The van der Waals surface area contributed by atoms with Gasteiger partial charge in [0.1, 0.15) is 5.75 Å². The molecule has 1 heterocycles. The van der Waals surface area contributed by atoms with Gasteiger partial charge in [0.2, 0.25) is 0 Å². The molecular weight excluding hydrogens is 336 g/mol. The third-order valence-electron chi connectivity index (χ3n) is 3.72. The maximum absolute atomic E-state index is 11.5. The van der Waals surface area contributed by atoms with Gasteiger partial charge in [-0.25, -0.2) is 9.78 Å². The molecule has 0 unspecified atom stereocenters. The first-order valence-electron chi connectivity index (χ1n) is 7.68. The molecule has 0 spiro atoms. The number of rotatable bonds is 5. The molecule has 0 saturated carbocycles. The second-order valence-corrected chi connectivity index (χ2v) is 6.55. The fourth-order valence-corrected chi connectivity index (χ4v) is 3.25. The Balaban J connectivity index is 1.79. The van der Waals surface area contributed by atoms with Gasteiger partial charge in [-0.15, -0.1) is 11.3 Å². The maximum Gasteiger partial charge on any atom is 0.337 e. The molecule has 25 heavy (non-hydrogen) atoms. The Hall–Kier alpha value is -2.86. The van der Waals surface area contributed by atoms with Crippen molar-refractivity contribution in [3.05, 3.63) is 59.0 Å². The van der Waals surface area contributed by atoms with Crippen molar-refractivity contribution >= 4 is 28.1 Å². The Bertz CT molecular complexity index is 871. The van der Waals surface area contributed by atoms with Crippen LogP contribution in [0.4, 0.5) is 10.8 Å². The molecule has 1 N–H and O–H groups in total. The van der Waals surface area contributed by atoms with Crippen molar-refractivity contribution in [2.45, 2.75) is 6.92 Å². The maximum atomic E-state index is 11.5. The van der Waals surface area contributed by atoms with Gasteiger partial charge in [-0.3, -0.25) is 0 Å². The van der Waals surface area contributed by atoms with Crippen molar-refractivity contribution in [1.82, 2.24) is 4.98 Å². The molecule has 0 atom stereocenters. The van der Waals surface area contributed by atoms with Gasteiger partial charge in [0.15, 0.2) is 5.13 Å². The highest BCUT2D eigenvalue weighted by Gasteiger charge is 2.11. The van der Waals surface area contributed by atoms with E-state index < -0.39 is 0 Å². The first-order valence-corrected chi connectivity index (χ1v) is 8.49. The molecule has 0 radical (unpaired) electrons. The lowest BCUT2D eigenvalue weighted by Gasteiger charge is -2.04. The number of esters is 1. The molecule has 0 saturated heterocycles. The van der Waals surface area contributed by atoms with Crippen LogP contribution in [0.25, 0.3) is 11.3 Å². The average molecular weight is 354 g/mol. The third kappa shape index (κ3) is 3.80. The van der Waals surface area contributed by atoms with Gasteiger partial charge in [-0.2, -0.15) is 0 Å². The molecular formula is C19H18N2O3S. The summed E-state index contributed by atoms with van der Waals surface area (Å²) in [5.41, 5.74) is 3.37. The van der Waals surface area contributed by atoms with Gasteiger partial charge in [-0.1, -0.05) is 0 Å². The third-order valence-corrected chi connectivity index (χ3v) is 4.60. The monoisotopic (exact) mass is 354 g/mol. The van der Waals surface area contributed by atoms with E-state index in [1.165, 1.54) is 7.11 Å². The smallest absolute Gasteiger partial charge is 0.337 e. The van der Waals surface area contributed by atoms with E-state index in [2.05, 4.69) is 10.3 Å². The minimum atomic E-state index is -0.349. The van der Waals surface area contributed by atoms with Gasteiger partial charge in [0.05, 0.1) is 25.5 Å². The number of nitrogens with one attached hydrogen (secondary N) is 1. The van der Waals surface area contributed by atoms with Crippen LogP contribution in [0, 0.1) is 6.92 Å². The van der Waals surface area contributed by atoms with Gasteiger partial charge in [0, 0.05) is 16.1 Å². The molecule has 5 nitrogen and oxygen atoms in total. The topological polar surface area (TPSA) is 60.5 Å². The van der Waals surface area contributed by atoms with Crippen LogP contribution in [0.15, 0.2) is 48.5 Å². The molecule has 0 bridgehead atoms. The molecule has 0 aliphatic heterocycles. The molecule has 3 aromatic rings. The molecule has 128 valence electrons. The Morgan fingerprint density at radius 1 is 1.04 bits per heavy atom. The second-order valence-electron chi connectivity index (χ2n) is 5.35. The highest BCUT2D eigenvalue weighted by molar-refractivity contribution is 7.16. The minimum absolute atomic E-state index is 0.349. The summed E-state index contributed by atoms with van der Waals surface area (Å²) in [7, 11) is 3.02.